The first-order chi connectivity index (χ1) is 16.8. The summed E-state index contributed by atoms with van der Waals surface area (Å²) in [7, 11) is 2.15. The van der Waals surface area contributed by atoms with Crippen molar-refractivity contribution in [1.29, 1.82) is 0 Å². The molecule has 4 aromatic rings. The van der Waals surface area contributed by atoms with Gasteiger partial charge in [0.1, 0.15) is 23.2 Å². The van der Waals surface area contributed by atoms with Crippen molar-refractivity contribution < 1.29 is 0 Å². The Kier molecular flexibility index (Phi) is 4.99. The second-order valence-electron chi connectivity index (χ2n) is 10.6. The highest BCUT2D eigenvalue weighted by molar-refractivity contribution is 5.93. The Balaban J connectivity index is 1.48. The van der Waals surface area contributed by atoms with Crippen molar-refractivity contribution in [2.45, 2.75) is 45.1 Å². The molecule has 1 aliphatic heterocycles. The van der Waals surface area contributed by atoms with Crippen LogP contribution in [0.5, 0.6) is 0 Å². The maximum atomic E-state index is 6.35. The molecule has 5 heterocycles. The summed E-state index contributed by atoms with van der Waals surface area (Å²) in [6, 6.07) is 0. The Labute approximate surface area is 204 Å². The number of anilines is 2. The lowest BCUT2D eigenvalue weighted by molar-refractivity contribution is 0.312. The zero-order valence-corrected chi connectivity index (χ0v) is 20.7. The summed E-state index contributed by atoms with van der Waals surface area (Å²) < 4.78 is 3.71. The number of nitrogens with zero attached hydrogens (tertiary/aromatic N) is 10. The molecule has 0 amide bonds. The zero-order valence-electron chi connectivity index (χ0n) is 20.7. The number of nitrogen functional groups attached to an aromatic ring is 1. The van der Waals surface area contributed by atoms with Gasteiger partial charge in [-0.25, -0.2) is 29.3 Å². The van der Waals surface area contributed by atoms with Gasteiger partial charge in [-0.05, 0) is 46.6 Å². The smallest absolute Gasteiger partial charge is 0.189 e. The van der Waals surface area contributed by atoms with Crippen LogP contribution in [0.25, 0.3) is 28.4 Å². The Bertz CT molecular complexity index is 1370. The fraction of sp³-hybridized carbons (Fsp3) is 0.500. The van der Waals surface area contributed by atoms with Crippen molar-refractivity contribution >= 4 is 22.5 Å². The van der Waals surface area contributed by atoms with E-state index in [2.05, 4.69) is 47.6 Å². The lowest BCUT2D eigenvalue weighted by Gasteiger charge is -2.33. The second kappa shape index (κ2) is 7.98. The Morgan fingerprint density at radius 1 is 0.943 bits per heavy atom. The Morgan fingerprint density at radius 3 is 2.31 bits per heavy atom. The summed E-state index contributed by atoms with van der Waals surface area (Å²) in [5.41, 5.74) is 9.77. The lowest BCUT2D eigenvalue weighted by atomic mass is 10.1. The number of rotatable bonds is 4. The monoisotopic (exact) mass is 473 g/mol. The number of aromatic nitrogens is 8. The molecule has 0 radical (unpaired) electrons. The predicted octanol–water partition coefficient (Wildman–Crippen LogP) is 2.44. The molecule has 2 aliphatic rings. The number of likely N-dealkylation sites (N-methyl/N-ethyl adjacent to an activating group) is 1. The average Bonchev–Trinajstić information content (AvgIpc) is 3.45. The molecule has 6 rings (SSSR count). The van der Waals surface area contributed by atoms with Crippen molar-refractivity contribution in [3.05, 3.63) is 30.5 Å². The summed E-state index contributed by atoms with van der Waals surface area (Å²) in [4.78, 5) is 23.0. The molecular formula is C24H31N11. The van der Waals surface area contributed by atoms with Crippen LogP contribution >= 0.6 is 0 Å². The van der Waals surface area contributed by atoms with E-state index in [1.807, 2.05) is 28.0 Å². The van der Waals surface area contributed by atoms with E-state index in [0.29, 0.717) is 34.4 Å². The standard InChI is InChI=1S/C24H31N11/c1-24(2,3)35-22-18(20(25)28-14-29-22)23(31-35)34-19(17(13-30-34)15-5-6-15)21-26-11-16(12-27-21)33-9-7-32(4)8-10-33/h11-15H,5-10H2,1-4H3,(H2,25,28,29). The molecule has 0 aromatic carbocycles. The molecule has 0 atom stereocenters. The molecule has 2 N–H and O–H groups in total. The third-order valence-corrected chi connectivity index (χ3v) is 6.84. The van der Waals surface area contributed by atoms with Crippen LogP contribution in [0.4, 0.5) is 11.5 Å². The van der Waals surface area contributed by atoms with Gasteiger partial charge in [-0.15, -0.1) is 5.10 Å². The molecule has 1 saturated heterocycles. The third kappa shape index (κ3) is 3.79. The highest BCUT2D eigenvalue weighted by Gasteiger charge is 2.33. The van der Waals surface area contributed by atoms with Gasteiger partial charge in [0.15, 0.2) is 17.3 Å². The molecule has 1 saturated carbocycles. The largest absolute Gasteiger partial charge is 0.383 e. The van der Waals surface area contributed by atoms with E-state index in [1.54, 1.807) is 0 Å². The minimum Gasteiger partial charge on any atom is -0.383 e. The zero-order chi connectivity index (χ0) is 24.3. The van der Waals surface area contributed by atoms with Crippen molar-refractivity contribution in [2.24, 2.45) is 0 Å². The second-order valence-corrected chi connectivity index (χ2v) is 10.6. The fourth-order valence-corrected chi connectivity index (χ4v) is 4.68. The fourth-order valence-electron chi connectivity index (χ4n) is 4.68. The Morgan fingerprint density at radius 2 is 1.66 bits per heavy atom. The number of nitrogens with two attached hydrogens (primary N) is 1. The molecule has 2 fully saturated rings. The van der Waals surface area contributed by atoms with Crippen molar-refractivity contribution in [3.63, 3.8) is 0 Å². The van der Waals surface area contributed by atoms with E-state index in [0.717, 1.165) is 56.0 Å². The van der Waals surface area contributed by atoms with Crippen molar-refractivity contribution in [2.75, 3.05) is 43.9 Å². The van der Waals surface area contributed by atoms with Gasteiger partial charge in [0.25, 0.3) is 0 Å². The highest BCUT2D eigenvalue weighted by Crippen LogP contribution is 2.45. The number of hydrogen-bond acceptors (Lipinski definition) is 9. The maximum absolute atomic E-state index is 6.35. The third-order valence-electron chi connectivity index (χ3n) is 6.84. The van der Waals surface area contributed by atoms with Crippen molar-refractivity contribution in [1.82, 2.24) is 44.4 Å². The first-order valence-electron chi connectivity index (χ1n) is 12.1. The topological polar surface area (TPSA) is 120 Å². The van der Waals surface area contributed by atoms with Gasteiger partial charge in [0.2, 0.25) is 0 Å². The van der Waals surface area contributed by atoms with Crippen LogP contribution < -0.4 is 10.6 Å². The molecule has 0 unspecified atom stereocenters. The van der Waals surface area contributed by atoms with E-state index < -0.39 is 0 Å². The van der Waals surface area contributed by atoms with Gasteiger partial charge in [0, 0.05) is 31.7 Å². The van der Waals surface area contributed by atoms with Gasteiger partial charge < -0.3 is 15.5 Å². The van der Waals surface area contributed by atoms with Crippen LogP contribution in [0.3, 0.4) is 0 Å². The van der Waals surface area contributed by atoms with Gasteiger partial charge in [-0.1, -0.05) is 0 Å². The quantitative estimate of drug-likeness (QED) is 0.476. The van der Waals surface area contributed by atoms with Crippen LogP contribution in [0.1, 0.15) is 45.1 Å². The molecule has 4 aromatic heterocycles. The summed E-state index contributed by atoms with van der Waals surface area (Å²) in [6.07, 6.45) is 9.52. The van der Waals surface area contributed by atoms with Crippen LogP contribution in [0.15, 0.2) is 24.9 Å². The van der Waals surface area contributed by atoms with Gasteiger partial charge in [0.05, 0.1) is 29.8 Å². The Hall–Kier alpha value is -3.60. The number of piperazine rings is 1. The van der Waals surface area contributed by atoms with E-state index >= 15 is 0 Å². The molecule has 11 heteroatoms. The SMILES string of the molecule is CN1CCN(c2cnc(-c3c(C4CC4)cnn3-c3nn(C(C)(C)C)c4ncnc(N)c34)nc2)CC1. The summed E-state index contributed by atoms with van der Waals surface area (Å²) >= 11 is 0. The molecule has 1 aliphatic carbocycles. The molecular weight excluding hydrogens is 442 g/mol. The molecule has 0 bridgehead atoms. The van der Waals surface area contributed by atoms with E-state index in [9.17, 15) is 0 Å². The minimum absolute atomic E-state index is 0.301. The average molecular weight is 474 g/mol. The van der Waals surface area contributed by atoms with Crippen LogP contribution in [-0.4, -0.2) is 77.6 Å². The van der Waals surface area contributed by atoms with Crippen LogP contribution in [0.2, 0.25) is 0 Å². The normalized spacial score (nSPS) is 17.4. The molecule has 11 nitrogen and oxygen atoms in total. The first-order valence-corrected chi connectivity index (χ1v) is 12.1. The number of hydrogen-bond donors (Lipinski definition) is 1. The van der Waals surface area contributed by atoms with E-state index in [4.69, 9.17) is 25.9 Å². The summed E-state index contributed by atoms with van der Waals surface area (Å²) in [5.74, 6) is 2.07. The summed E-state index contributed by atoms with van der Waals surface area (Å²) in [6.45, 7) is 10.3. The van der Waals surface area contributed by atoms with E-state index in [1.165, 1.54) is 6.33 Å². The van der Waals surface area contributed by atoms with Crippen LogP contribution in [0, 0.1) is 0 Å². The van der Waals surface area contributed by atoms with Gasteiger partial charge >= 0.3 is 0 Å². The molecule has 0 spiro atoms. The first kappa shape index (κ1) is 21.9. The van der Waals surface area contributed by atoms with Crippen LogP contribution in [-0.2, 0) is 5.54 Å². The predicted molar refractivity (Wildman–Crippen MR) is 135 cm³/mol. The van der Waals surface area contributed by atoms with Gasteiger partial charge in [-0.3, -0.25) is 0 Å². The van der Waals surface area contributed by atoms with Gasteiger partial charge in [-0.2, -0.15) is 5.10 Å². The molecule has 35 heavy (non-hydrogen) atoms. The number of fused-ring (bicyclic) bond motifs is 1. The lowest BCUT2D eigenvalue weighted by Crippen LogP contribution is -2.44. The summed E-state index contributed by atoms with van der Waals surface area (Å²) in [5, 5.41) is 10.4. The minimum atomic E-state index is -0.301. The highest BCUT2D eigenvalue weighted by atomic mass is 15.4. The molecule has 182 valence electrons. The van der Waals surface area contributed by atoms with E-state index in [-0.39, 0.29) is 5.54 Å². The maximum Gasteiger partial charge on any atom is 0.189 e. The van der Waals surface area contributed by atoms with Crippen molar-refractivity contribution in [3.8, 4) is 17.3 Å².